The van der Waals surface area contributed by atoms with Gasteiger partial charge in [0.05, 0.1) is 5.54 Å². The van der Waals surface area contributed by atoms with Gasteiger partial charge in [0.2, 0.25) is 5.89 Å². The predicted molar refractivity (Wildman–Crippen MR) is 58.3 cm³/mol. The molecule has 4 nitrogen and oxygen atoms in total. The van der Waals surface area contributed by atoms with Gasteiger partial charge in [-0.25, -0.2) is 4.98 Å². The topological polar surface area (TPSA) is 64.9 Å². The van der Waals surface area contributed by atoms with Gasteiger partial charge in [0.1, 0.15) is 0 Å². The summed E-state index contributed by atoms with van der Waals surface area (Å²) in [4.78, 5) is 8.45. The molecule has 80 valence electrons. The van der Waals surface area contributed by atoms with Crippen LogP contribution in [-0.2, 0) is 5.54 Å². The molecule has 0 amide bonds. The van der Waals surface area contributed by atoms with Crippen molar-refractivity contribution in [1.82, 2.24) is 9.97 Å². The molecule has 0 aliphatic heterocycles. The largest absolute Gasteiger partial charge is 0.437 e. The average molecular weight is 205 g/mol. The van der Waals surface area contributed by atoms with Crippen molar-refractivity contribution in [3.05, 3.63) is 24.2 Å². The van der Waals surface area contributed by atoms with E-state index in [1.54, 1.807) is 6.20 Å². The minimum atomic E-state index is -0.472. The Morgan fingerprint density at radius 2 is 2.13 bits per heavy atom. The molecule has 2 aromatic rings. The summed E-state index contributed by atoms with van der Waals surface area (Å²) in [5.74, 6) is 0.584. The molecule has 0 unspecified atom stereocenters. The molecule has 0 atom stereocenters. The van der Waals surface area contributed by atoms with E-state index in [2.05, 4.69) is 9.97 Å². The fourth-order valence-corrected chi connectivity index (χ4v) is 1.53. The number of fused-ring (bicyclic) bond motifs is 1. The molecule has 0 fully saturated rings. The highest BCUT2D eigenvalue weighted by Gasteiger charge is 2.29. The summed E-state index contributed by atoms with van der Waals surface area (Å²) in [6, 6.07) is 3.68. The second-order valence-corrected chi connectivity index (χ2v) is 3.71. The molecule has 0 bridgehead atoms. The van der Waals surface area contributed by atoms with Crippen LogP contribution in [0.5, 0.6) is 0 Å². The van der Waals surface area contributed by atoms with E-state index in [0.29, 0.717) is 17.1 Å². The van der Waals surface area contributed by atoms with E-state index in [9.17, 15) is 0 Å². The zero-order chi connectivity index (χ0) is 10.9. The van der Waals surface area contributed by atoms with Crippen LogP contribution in [0.4, 0.5) is 0 Å². The molecular weight excluding hydrogens is 190 g/mol. The zero-order valence-electron chi connectivity index (χ0n) is 9.03. The highest BCUT2D eigenvalue weighted by Crippen LogP contribution is 2.27. The van der Waals surface area contributed by atoms with Crippen LogP contribution in [-0.4, -0.2) is 9.97 Å². The smallest absolute Gasteiger partial charge is 0.217 e. The van der Waals surface area contributed by atoms with Gasteiger partial charge in [0.15, 0.2) is 11.2 Å². The van der Waals surface area contributed by atoms with Crippen molar-refractivity contribution in [3.63, 3.8) is 0 Å². The lowest BCUT2D eigenvalue weighted by atomic mass is 9.94. The first-order valence-corrected chi connectivity index (χ1v) is 5.20. The lowest BCUT2D eigenvalue weighted by Crippen LogP contribution is -2.35. The zero-order valence-corrected chi connectivity index (χ0v) is 9.03. The molecule has 2 aromatic heterocycles. The Balaban J connectivity index is 2.52. The number of hydrogen-bond donors (Lipinski definition) is 1. The summed E-state index contributed by atoms with van der Waals surface area (Å²) in [6.45, 7) is 4.07. The third kappa shape index (κ3) is 1.61. The number of nitrogens with zero attached hydrogens (tertiary/aromatic N) is 2. The van der Waals surface area contributed by atoms with Gasteiger partial charge in [-0.2, -0.15) is 4.98 Å². The van der Waals surface area contributed by atoms with E-state index < -0.39 is 5.54 Å². The maximum Gasteiger partial charge on any atom is 0.217 e. The normalized spacial score (nSPS) is 12.2. The number of aromatic nitrogens is 2. The monoisotopic (exact) mass is 205 g/mol. The second-order valence-electron chi connectivity index (χ2n) is 3.71. The van der Waals surface area contributed by atoms with Crippen LogP contribution in [0.25, 0.3) is 11.2 Å². The van der Waals surface area contributed by atoms with Gasteiger partial charge in [0.25, 0.3) is 0 Å². The Kier molecular flexibility index (Phi) is 2.44. The van der Waals surface area contributed by atoms with Crippen LogP contribution in [0.1, 0.15) is 32.6 Å². The Hall–Kier alpha value is -1.42. The Morgan fingerprint density at radius 1 is 1.40 bits per heavy atom. The molecule has 0 saturated heterocycles. The van der Waals surface area contributed by atoms with E-state index in [-0.39, 0.29) is 0 Å². The summed E-state index contributed by atoms with van der Waals surface area (Å²) >= 11 is 0. The molecule has 2 rings (SSSR count). The van der Waals surface area contributed by atoms with E-state index in [1.807, 2.05) is 26.0 Å². The highest BCUT2D eigenvalue weighted by atomic mass is 16.4. The number of nitrogens with two attached hydrogens (primary N) is 1. The minimum absolute atomic E-state index is 0.472. The molecule has 0 saturated carbocycles. The quantitative estimate of drug-likeness (QED) is 0.834. The Labute approximate surface area is 88.5 Å². The molecular formula is C11H15N3O. The van der Waals surface area contributed by atoms with Gasteiger partial charge in [-0.05, 0) is 25.0 Å². The van der Waals surface area contributed by atoms with E-state index >= 15 is 0 Å². The number of rotatable bonds is 3. The molecule has 4 heteroatoms. The SMILES string of the molecule is CCC(N)(CC)c1nc2ncccc2o1. The highest BCUT2D eigenvalue weighted by molar-refractivity contribution is 5.67. The van der Waals surface area contributed by atoms with E-state index in [4.69, 9.17) is 10.2 Å². The first-order valence-electron chi connectivity index (χ1n) is 5.20. The summed E-state index contributed by atoms with van der Waals surface area (Å²) in [5.41, 5.74) is 7.05. The fourth-order valence-electron chi connectivity index (χ4n) is 1.53. The van der Waals surface area contributed by atoms with Crippen molar-refractivity contribution < 1.29 is 4.42 Å². The molecule has 2 heterocycles. The van der Waals surface area contributed by atoms with Gasteiger partial charge in [0, 0.05) is 6.20 Å². The molecule has 2 N–H and O–H groups in total. The molecule has 0 spiro atoms. The third-order valence-corrected chi connectivity index (χ3v) is 2.85. The van der Waals surface area contributed by atoms with Crippen molar-refractivity contribution >= 4 is 11.2 Å². The lowest BCUT2D eigenvalue weighted by Gasteiger charge is -2.21. The van der Waals surface area contributed by atoms with Gasteiger partial charge >= 0.3 is 0 Å². The van der Waals surface area contributed by atoms with Crippen molar-refractivity contribution in [3.8, 4) is 0 Å². The van der Waals surface area contributed by atoms with Gasteiger partial charge in [-0.3, -0.25) is 0 Å². The summed E-state index contributed by atoms with van der Waals surface area (Å²) in [7, 11) is 0. The fraction of sp³-hybridized carbons (Fsp3) is 0.455. The maximum atomic E-state index is 6.20. The van der Waals surface area contributed by atoms with E-state index in [0.717, 1.165) is 12.8 Å². The van der Waals surface area contributed by atoms with Crippen LogP contribution in [0.2, 0.25) is 0 Å². The summed E-state index contributed by atoms with van der Waals surface area (Å²) in [6.07, 6.45) is 3.30. The average Bonchev–Trinajstić information content (AvgIpc) is 2.72. The van der Waals surface area contributed by atoms with Crippen LogP contribution in [0.15, 0.2) is 22.7 Å². The lowest BCUT2D eigenvalue weighted by molar-refractivity contribution is 0.318. The molecule has 0 radical (unpaired) electrons. The number of hydrogen-bond acceptors (Lipinski definition) is 4. The van der Waals surface area contributed by atoms with Crippen molar-refractivity contribution in [2.24, 2.45) is 5.73 Å². The minimum Gasteiger partial charge on any atom is -0.437 e. The van der Waals surface area contributed by atoms with Gasteiger partial charge in [-0.15, -0.1) is 0 Å². The Morgan fingerprint density at radius 3 is 2.73 bits per heavy atom. The number of pyridine rings is 1. The molecule has 0 aliphatic carbocycles. The van der Waals surface area contributed by atoms with Gasteiger partial charge < -0.3 is 10.2 Å². The first-order chi connectivity index (χ1) is 7.19. The summed E-state index contributed by atoms with van der Waals surface area (Å²) < 4.78 is 5.62. The van der Waals surface area contributed by atoms with Gasteiger partial charge in [-0.1, -0.05) is 13.8 Å². The Bertz CT molecular complexity index is 427. The number of oxazole rings is 1. The maximum absolute atomic E-state index is 6.20. The van der Waals surface area contributed by atoms with Crippen molar-refractivity contribution in [2.75, 3.05) is 0 Å². The molecule has 0 aliphatic rings. The van der Waals surface area contributed by atoms with Crippen molar-refractivity contribution in [1.29, 1.82) is 0 Å². The second kappa shape index (κ2) is 3.62. The van der Waals surface area contributed by atoms with Crippen molar-refractivity contribution in [2.45, 2.75) is 32.2 Å². The molecule has 15 heavy (non-hydrogen) atoms. The first kappa shape index (κ1) is 10.1. The summed E-state index contributed by atoms with van der Waals surface area (Å²) in [5, 5.41) is 0. The van der Waals surface area contributed by atoms with Crippen LogP contribution in [0, 0.1) is 0 Å². The third-order valence-electron chi connectivity index (χ3n) is 2.85. The van der Waals surface area contributed by atoms with Crippen LogP contribution < -0.4 is 5.73 Å². The molecule has 0 aromatic carbocycles. The predicted octanol–water partition coefficient (Wildman–Crippen LogP) is 2.20. The van der Waals surface area contributed by atoms with Crippen LogP contribution in [0.3, 0.4) is 0 Å². The standard InChI is InChI=1S/C11H15N3O/c1-3-11(12,4-2)10-14-9-8(15-10)6-5-7-13-9/h5-7H,3-4,12H2,1-2H3. The van der Waals surface area contributed by atoms with E-state index in [1.165, 1.54) is 0 Å². The van der Waals surface area contributed by atoms with Crippen LogP contribution >= 0.6 is 0 Å².